The molecule has 13 heteroatoms. The molecule has 4 rings (SSSR count). The van der Waals surface area contributed by atoms with Crippen LogP contribution in [0, 0.1) is 0 Å². The molecule has 1 amide bonds. The first-order chi connectivity index (χ1) is 22.3. The molecule has 1 fully saturated rings. The number of likely N-dealkylation sites (tertiary alicyclic amines) is 1. The topological polar surface area (TPSA) is 166 Å². The molecule has 7 N–H and O–H groups in total. The lowest BCUT2D eigenvalue weighted by Crippen LogP contribution is -2.60. The quantitative estimate of drug-likeness (QED) is 0.112. The van der Waals surface area contributed by atoms with E-state index in [2.05, 4.69) is 51.2 Å². The summed E-state index contributed by atoms with van der Waals surface area (Å²) in [6.45, 7) is 4.36. The number of nitrogens with zero attached hydrogens (tertiary/aromatic N) is 3. The lowest BCUT2D eigenvalue weighted by molar-refractivity contribution is -0.933. The van der Waals surface area contributed by atoms with E-state index in [0.717, 1.165) is 80.7 Å². The summed E-state index contributed by atoms with van der Waals surface area (Å²) in [5, 5.41) is 21.1. The first-order valence-corrected chi connectivity index (χ1v) is 16.7. The van der Waals surface area contributed by atoms with Crippen molar-refractivity contribution in [3.8, 4) is 11.5 Å². The highest BCUT2D eigenvalue weighted by atomic mass is 35.5. The predicted molar refractivity (Wildman–Crippen MR) is 183 cm³/mol. The van der Waals surface area contributed by atoms with Crippen molar-refractivity contribution in [2.24, 2.45) is 0 Å². The van der Waals surface area contributed by atoms with Crippen LogP contribution < -0.4 is 26.3 Å². The Kier molecular flexibility index (Phi) is 15.6. The Morgan fingerprint density at radius 2 is 1.41 bits per heavy atom. The number of ether oxygens (including phenoxy) is 2. The zero-order valence-electron chi connectivity index (χ0n) is 26.5. The van der Waals surface area contributed by atoms with Gasteiger partial charge in [-0.1, -0.05) is 35.9 Å². The summed E-state index contributed by atoms with van der Waals surface area (Å²) in [5.74, 6) is 1.06. The summed E-state index contributed by atoms with van der Waals surface area (Å²) in [5.41, 5.74) is 14.1. The van der Waals surface area contributed by atoms with Crippen LogP contribution in [0.3, 0.4) is 0 Å². The Labute approximate surface area is 281 Å². The number of carbonyl (C=O) groups excluding carboxylic acids is 1. The number of rotatable bonds is 16. The molecule has 1 aromatic heterocycles. The van der Waals surface area contributed by atoms with E-state index in [-0.39, 0.29) is 55.0 Å². The van der Waals surface area contributed by atoms with Crippen molar-refractivity contribution in [1.82, 2.24) is 15.3 Å². The van der Waals surface area contributed by atoms with E-state index in [1.54, 1.807) is 0 Å². The molecule has 46 heavy (non-hydrogen) atoms. The zero-order valence-corrected chi connectivity index (χ0v) is 28.0. The van der Waals surface area contributed by atoms with Crippen LogP contribution in [-0.2, 0) is 12.8 Å². The van der Waals surface area contributed by atoms with Crippen molar-refractivity contribution >= 4 is 40.7 Å². The SMILES string of the molecule is CCl.Nc1nc(N)c(C(=O)NC2CCC[N+](CCCc3ccc(OCCO)cc3)(CCCc3ccc(OCCO)cc3)C2)nc1Cl. The molecule has 1 atom stereocenters. The number of nitrogen functional groups attached to an aromatic ring is 2. The van der Waals surface area contributed by atoms with Crippen LogP contribution in [0.25, 0.3) is 0 Å². The van der Waals surface area contributed by atoms with E-state index in [1.165, 1.54) is 17.5 Å². The molecule has 1 aliphatic heterocycles. The average molecular weight is 679 g/mol. The van der Waals surface area contributed by atoms with E-state index in [0.29, 0.717) is 0 Å². The highest BCUT2D eigenvalue weighted by Gasteiger charge is 2.35. The fourth-order valence-corrected chi connectivity index (χ4v) is 6.02. The van der Waals surface area contributed by atoms with Gasteiger partial charge in [-0.3, -0.25) is 4.79 Å². The van der Waals surface area contributed by atoms with Crippen molar-refractivity contribution in [2.75, 3.05) is 70.5 Å². The van der Waals surface area contributed by atoms with Gasteiger partial charge in [-0.25, -0.2) is 9.97 Å². The van der Waals surface area contributed by atoms with E-state index < -0.39 is 5.91 Å². The van der Waals surface area contributed by atoms with Gasteiger partial charge in [0.25, 0.3) is 5.91 Å². The predicted octanol–water partition coefficient (Wildman–Crippen LogP) is 3.87. The van der Waals surface area contributed by atoms with Gasteiger partial charge in [0.1, 0.15) is 24.7 Å². The second-order valence-corrected chi connectivity index (χ2v) is 11.6. The van der Waals surface area contributed by atoms with Gasteiger partial charge in [0.2, 0.25) is 0 Å². The molecule has 11 nitrogen and oxygen atoms in total. The summed E-state index contributed by atoms with van der Waals surface area (Å²) in [6.07, 6.45) is 7.20. The Balaban J connectivity index is 0.00000282. The van der Waals surface area contributed by atoms with Crippen LogP contribution in [0.5, 0.6) is 11.5 Å². The van der Waals surface area contributed by atoms with Crippen LogP contribution in [0.1, 0.15) is 47.3 Å². The number of halogens is 2. The van der Waals surface area contributed by atoms with Crippen LogP contribution in [-0.4, -0.2) is 95.6 Å². The van der Waals surface area contributed by atoms with Crippen LogP contribution in [0.4, 0.5) is 11.6 Å². The summed E-state index contributed by atoms with van der Waals surface area (Å²) >= 11 is 10.7. The lowest BCUT2D eigenvalue weighted by atomic mass is 9.99. The minimum Gasteiger partial charge on any atom is -0.491 e. The number of hydrogen-bond acceptors (Lipinski definition) is 9. The molecule has 0 saturated carbocycles. The standard InChI is InChI=1S/C32H43ClN6O5.CH3Cl/c33-29-31(35)38-30(34)28(37-29)32(42)36-25-6-3-17-39(22-25,15-1-4-23-7-11-26(12-8-23)43-20-18-40)16-2-5-24-9-13-27(14-10-24)44-21-19-41;1-2/h7-14,25,40-41H,1-6,15-22H2,(H4-,34,35,36,38,42);1H3/p+1. The Hall–Kier alpha value is -3.35. The van der Waals surface area contributed by atoms with E-state index in [4.69, 9.17) is 42.8 Å². The summed E-state index contributed by atoms with van der Waals surface area (Å²) < 4.78 is 11.9. The number of nitrogens with one attached hydrogen (secondary N) is 1. The first kappa shape index (κ1) is 37.1. The smallest absolute Gasteiger partial charge is 0.274 e. The van der Waals surface area contributed by atoms with Crippen molar-refractivity contribution in [3.05, 3.63) is 70.5 Å². The number of benzene rings is 2. The molecule has 1 unspecified atom stereocenters. The first-order valence-electron chi connectivity index (χ1n) is 15.6. The number of nitrogens with two attached hydrogens (primary N) is 2. The summed E-state index contributed by atoms with van der Waals surface area (Å²) in [7, 11) is 0. The molecule has 0 aliphatic carbocycles. The lowest BCUT2D eigenvalue weighted by Gasteiger charge is -2.45. The Morgan fingerprint density at radius 1 is 0.891 bits per heavy atom. The minimum absolute atomic E-state index is 0.00582. The fourth-order valence-electron chi connectivity index (χ4n) is 5.89. The zero-order chi connectivity index (χ0) is 33.4. The Bertz CT molecular complexity index is 1290. The van der Waals surface area contributed by atoms with Crippen molar-refractivity contribution in [3.63, 3.8) is 0 Å². The third kappa shape index (κ3) is 11.5. The fraction of sp³-hybridized carbons (Fsp3) is 0.485. The normalized spacial score (nSPS) is 15.4. The number of hydrogen-bond donors (Lipinski definition) is 5. The van der Waals surface area contributed by atoms with Crippen molar-refractivity contribution in [2.45, 2.75) is 44.6 Å². The molecule has 1 saturated heterocycles. The largest absolute Gasteiger partial charge is 0.491 e. The van der Waals surface area contributed by atoms with Gasteiger partial charge >= 0.3 is 0 Å². The van der Waals surface area contributed by atoms with Gasteiger partial charge in [-0.15, -0.1) is 11.6 Å². The number of amides is 1. The van der Waals surface area contributed by atoms with Gasteiger partial charge in [0.15, 0.2) is 22.5 Å². The molecule has 2 aromatic carbocycles. The summed E-state index contributed by atoms with van der Waals surface area (Å²) in [4.78, 5) is 21.2. The third-order valence-electron chi connectivity index (χ3n) is 8.01. The molecule has 3 aromatic rings. The second kappa shape index (κ2) is 19.3. The van der Waals surface area contributed by atoms with Gasteiger partial charge in [0.05, 0.1) is 45.4 Å². The number of aliphatic hydroxyl groups excluding tert-OH is 2. The number of carbonyl (C=O) groups is 1. The molecular weight excluding hydrogens is 631 g/mol. The Morgan fingerprint density at radius 3 is 1.91 bits per heavy atom. The number of aromatic nitrogens is 2. The van der Waals surface area contributed by atoms with Gasteiger partial charge in [-0.05, 0) is 61.1 Å². The maximum Gasteiger partial charge on any atom is 0.274 e. The number of aryl methyl sites for hydroxylation is 2. The number of piperidine rings is 1. The number of anilines is 2. The van der Waals surface area contributed by atoms with Crippen molar-refractivity contribution in [1.29, 1.82) is 0 Å². The molecule has 1 aliphatic rings. The number of alkyl halides is 1. The molecule has 2 heterocycles. The molecular formula is C33H47Cl2N6O5+. The van der Waals surface area contributed by atoms with Crippen LogP contribution >= 0.6 is 23.2 Å². The monoisotopic (exact) mass is 677 g/mol. The maximum atomic E-state index is 13.1. The van der Waals surface area contributed by atoms with Gasteiger partial charge < -0.3 is 41.0 Å². The minimum atomic E-state index is -0.395. The third-order valence-corrected chi connectivity index (χ3v) is 8.29. The summed E-state index contributed by atoms with van der Waals surface area (Å²) in [6, 6.07) is 16.0. The highest BCUT2D eigenvalue weighted by Crippen LogP contribution is 2.25. The molecule has 0 bridgehead atoms. The second-order valence-electron chi connectivity index (χ2n) is 11.3. The van der Waals surface area contributed by atoms with E-state index in [1.807, 2.05) is 24.3 Å². The van der Waals surface area contributed by atoms with Crippen LogP contribution in [0.2, 0.25) is 5.15 Å². The molecule has 0 radical (unpaired) electrons. The highest BCUT2D eigenvalue weighted by molar-refractivity contribution is 6.31. The molecule has 0 spiro atoms. The van der Waals surface area contributed by atoms with Gasteiger partial charge in [-0.2, -0.15) is 0 Å². The molecule has 252 valence electrons. The van der Waals surface area contributed by atoms with Gasteiger partial charge in [0, 0.05) is 19.2 Å². The van der Waals surface area contributed by atoms with E-state index in [9.17, 15) is 4.79 Å². The maximum absolute atomic E-state index is 13.1. The van der Waals surface area contributed by atoms with Crippen molar-refractivity contribution < 1.29 is 29.0 Å². The van der Waals surface area contributed by atoms with E-state index >= 15 is 0 Å². The van der Waals surface area contributed by atoms with Crippen LogP contribution in [0.15, 0.2) is 48.5 Å². The number of aliphatic hydroxyl groups is 2. The number of quaternary nitrogens is 1. The average Bonchev–Trinajstić information content (AvgIpc) is 3.06.